The number of piperidine rings is 1. The molecule has 2 aromatic carbocycles. The van der Waals surface area contributed by atoms with Gasteiger partial charge in [0.15, 0.2) is 11.5 Å². The van der Waals surface area contributed by atoms with E-state index < -0.39 is 5.82 Å². The number of nitrogens with zero attached hydrogens (tertiary/aromatic N) is 2. The van der Waals surface area contributed by atoms with Gasteiger partial charge < -0.3 is 14.9 Å². The summed E-state index contributed by atoms with van der Waals surface area (Å²) in [6.07, 6.45) is 1.48. The van der Waals surface area contributed by atoms with E-state index in [9.17, 15) is 14.3 Å². The molecule has 156 valence electrons. The van der Waals surface area contributed by atoms with Crippen LogP contribution in [-0.2, 0) is 13.1 Å². The van der Waals surface area contributed by atoms with Gasteiger partial charge in [-0.2, -0.15) is 0 Å². The number of aromatic nitrogens is 1. The van der Waals surface area contributed by atoms with E-state index in [0.29, 0.717) is 6.54 Å². The number of carbonyl (C=O) groups is 1. The van der Waals surface area contributed by atoms with Crippen molar-refractivity contribution in [1.82, 2.24) is 15.4 Å². The van der Waals surface area contributed by atoms with Crippen LogP contribution in [0.3, 0.4) is 0 Å². The van der Waals surface area contributed by atoms with Crippen LogP contribution in [0.25, 0.3) is 11.3 Å². The van der Waals surface area contributed by atoms with E-state index in [2.05, 4.69) is 27.5 Å². The highest BCUT2D eigenvalue weighted by atomic mass is 19.1. The third-order valence-corrected chi connectivity index (χ3v) is 5.32. The largest absolute Gasteiger partial charge is 0.393 e. The van der Waals surface area contributed by atoms with Gasteiger partial charge in [-0.1, -0.05) is 41.6 Å². The molecule has 0 saturated carbocycles. The molecule has 3 aromatic rings. The number of halogens is 1. The van der Waals surface area contributed by atoms with Gasteiger partial charge in [0, 0.05) is 32.2 Å². The minimum Gasteiger partial charge on any atom is -0.393 e. The lowest BCUT2D eigenvalue weighted by Gasteiger charge is -2.29. The first-order valence-electron chi connectivity index (χ1n) is 10.1. The Labute approximate surface area is 174 Å². The molecule has 0 bridgehead atoms. The van der Waals surface area contributed by atoms with E-state index in [1.54, 1.807) is 18.2 Å². The Bertz CT molecular complexity index is 995. The van der Waals surface area contributed by atoms with Gasteiger partial charge in [0.2, 0.25) is 0 Å². The fourth-order valence-corrected chi connectivity index (χ4v) is 3.54. The van der Waals surface area contributed by atoms with Crippen LogP contribution in [-0.4, -0.2) is 40.3 Å². The summed E-state index contributed by atoms with van der Waals surface area (Å²) in [6.45, 7) is 3.03. The summed E-state index contributed by atoms with van der Waals surface area (Å²) in [4.78, 5) is 14.7. The Kier molecular flexibility index (Phi) is 6.21. The summed E-state index contributed by atoms with van der Waals surface area (Å²) in [6, 6.07) is 15.7. The highest BCUT2D eigenvalue weighted by Crippen LogP contribution is 2.23. The van der Waals surface area contributed by atoms with Crippen molar-refractivity contribution < 1.29 is 18.8 Å². The number of carbonyl (C=O) groups excluding carboxylic acids is 1. The molecule has 1 aliphatic heterocycles. The van der Waals surface area contributed by atoms with Crippen LogP contribution >= 0.6 is 0 Å². The number of aliphatic hydroxyl groups excluding tert-OH is 1. The summed E-state index contributed by atoms with van der Waals surface area (Å²) < 4.78 is 19.0. The quantitative estimate of drug-likeness (QED) is 0.653. The standard InChI is InChI=1S/C23H24FN3O3/c24-20-4-2-1-3-19(20)22-13-21(26-30-22)23(29)25-14-16-5-7-17(8-6-16)15-27-11-9-18(28)10-12-27/h1-8,13,18,28H,9-12,14-15H2,(H,25,29). The number of aliphatic hydroxyl groups is 1. The van der Waals surface area contributed by atoms with Crippen LogP contribution in [0.15, 0.2) is 59.1 Å². The maximum Gasteiger partial charge on any atom is 0.273 e. The summed E-state index contributed by atoms with van der Waals surface area (Å²) in [5.41, 5.74) is 2.55. The van der Waals surface area contributed by atoms with Crippen molar-refractivity contribution in [3.63, 3.8) is 0 Å². The third kappa shape index (κ3) is 4.93. The summed E-state index contributed by atoms with van der Waals surface area (Å²) in [5, 5.41) is 16.2. The minimum atomic E-state index is -0.429. The molecule has 1 fully saturated rings. The molecule has 6 nitrogen and oxygen atoms in total. The van der Waals surface area contributed by atoms with Gasteiger partial charge >= 0.3 is 0 Å². The zero-order valence-corrected chi connectivity index (χ0v) is 16.6. The van der Waals surface area contributed by atoms with Gasteiger partial charge in [-0.05, 0) is 36.1 Å². The lowest BCUT2D eigenvalue weighted by Crippen LogP contribution is -2.35. The van der Waals surface area contributed by atoms with E-state index in [1.165, 1.54) is 17.7 Å². The monoisotopic (exact) mass is 409 g/mol. The van der Waals surface area contributed by atoms with Crippen molar-refractivity contribution in [3.8, 4) is 11.3 Å². The van der Waals surface area contributed by atoms with Gasteiger partial charge in [-0.15, -0.1) is 0 Å². The van der Waals surface area contributed by atoms with Crippen molar-refractivity contribution in [2.45, 2.75) is 32.0 Å². The van der Waals surface area contributed by atoms with E-state index in [4.69, 9.17) is 4.52 Å². The SMILES string of the molecule is O=C(NCc1ccc(CN2CCC(O)CC2)cc1)c1cc(-c2ccccc2F)on1. The van der Waals surface area contributed by atoms with Gasteiger partial charge in [0.05, 0.1) is 11.7 Å². The molecule has 0 unspecified atom stereocenters. The number of rotatable bonds is 6. The maximum absolute atomic E-state index is 13.9. The predicted octanol–water partition coefficient (Wildman–Crippen LogP) is 3.37. The minimum absolute atomic E-state index is 0.108. The average molecular weight is 409 g/mol. The molecule has 2 N–H and O–H groups in total. The number of amides is 1. The van der Waals surface area contributed by atoms with E-state index in [0.717, 1.165) is 38.0 Å². The molecule has 1 aliphatic rings. The average Bonchev–Trinajstić information content (AvgIpc) is 3.25. The lowest BCUT2D eigenvalue weighted by atomic mass is 10.1. The van der Waals surface area contributed by atoms with Crippen molar-refractivity contribution in [2.75, 3.05) is 13.1 Å². The van der Waals surface area contributed by atoms with Gasteiger partial charge in [0.1, 0.15) is 5.82 Å². The van der Waals surface area contributed by atoms with Crippen LogP contribution in [0.2, 0.25) is 0 Å². The number of nitrogens with one attached hydrogen (secondary N) is 1. The van der Waals surface area contributed by atoms with Crippen molar-refractivity contribution in [2.24, 2.45) is 0 Å². The number of hydrogen-bond acceptors (Lipinski definition) is 5. The van der Waals surface area contributed by atoms with E-state index in [-0.39, 0.29) is 29.0 Å². The Hall–Kier alpha value is -3.03. The normalized spacial score (nSPS) is 15.3. The van der Waals surface area contributed by atoms with Gasteiger partial charge in [0.25, 0.3) is 5.91 Å². The van der Waals surface area contributed by atoms with Crippen LogP contribution in [0.4, 0.5) is 4.39 Å². The molecule has 0 spiro atoms. The molecule has 1 saturated heterocycles. The molecule has 30 heavy (non-hydrogen) atoms. The molecule has 1 amide bonds. The Morgan fingerprint density at radius 1 is 1.13 bits per heavy atom. The molecule has 0 atom stereocenters. The van der Waals surface area contributed by atoms with Crippen LogP contribution < -0.4 is 5.32 Å². The Balaban J connectivity index is 1.30. The summed E-state index contributed by atoms with van der Waals surface area (Å²) in [7, 11) is 0. The van der Waals surface area contributed by atoms with Gasteiger partial charge in [-0.25, -0.2) is 4.39 Å². The second-order valence-electron chi connectivity index (χ2n) is 7.56. The molecule has 7 heteroatoms. The molecule has 4 rings (SSSR count). The van der Waals surface area contributed by atoms with Crippen molar-refractivity contribution in [1.29, 1.82) is 0 Å². The molecular formula is C23H24FN3O3. The van der Waals surface area contributed by atoms with E-state index in [1.807, 2.05) is 12.1 Å². The zero-order valence-electron chi connectivity index (χ0n) is 16.6. The first kappa shape index (κ1) is 20.3. The molecule has 0 aliphatic carbocycles. The highest BCUT2D eigenvalue weighted by molar-refractivity contribution is 5.93. The fraction of sp³-hybridized carbons (Fsp3) is 0.304. The van der Waals surface area contributed by atoms with Crippen molar-refractivity contribution in [3.05, 3.63) is 77.2 Å². The van der Waals surface area contributed by atoms with E-state index >= 15 is 0 Å². The Morgan fingerprint density at radius 2 is 1.83 bits per heavy atom. The lowest BCUT2D eigenvalue weighted by molar-refractivity contribution is 0.0792. The molecular weight excluding hydrogens is 385 g/mol. The number of likely N-dealkylation sites (tertiary alicyclic amines) is 1. The zero-order chi connectivity index (χ0) is 20.9. The second kappa shape index (κ2) is 9.19. The maximum atomic E-state index is 13.9. The first-order chi connectivity index (χ1) is 14.6. The smallest absolute Gasteiger partial charge is 0.273 e. The topological polar surface area (TPSA) is 78.6 Å². The fourth-order valence-electron chi connectivity index (χ4n) is 3.54. The number of hydrogen-bond donors (Lipinski definition) is 2. The number of benzene rings is 2. The molecule has 1 aromatic heterocycles. The van der Waals surface area contributed by atoms with Crippen LogP contribution in [0, 0.1) is 5.82 Å². The summed E-state index contributed by atoms with van der Waals surface area (Å²) >= 11 is 0. The molecule has 0 radical (unpaired) electrons. The van der Waals surface area contributed by atoms with Crippen molar-refractivity contribution >= 4 is 5.91 Å². The third-order valence-electron chi connectivity index (χ3n) is 5.32. The van der Waals surface area contributed by atoms with Gasteiger partial charge in [-0.3, -0.25) is 9.69 Å². The predicted molar refractivity (Wildman–Crippen MR) is 110 cm³/mol. The molecule has 2 heterocycles. The summed E-state index contributed by atoms with van der Waals surface area (Å²) in [5.74, 6) is -0.591. The van der Waals surface area contributed by atoms with Crippen LogP contribution in [0.1, 0.15) is 34.5 Å². The second-order valence-corrected chi connectivity index (χ2v) is 7.56. The van der Waals surface area contributed by atoms with Crippen LogP contribution in [0.5, 0.6) is 0 Å². The highest BCUT2D eigenvalue weighted by Gasteiger charge is 2.17. The Morgan fingerprint density at radius 3 is 2.57 bits per heavy atom. The first-order valence-corrected chi connectivity index (χ1v) is 10.1.